The highest BCUT2D eigenvalue weighted by molar-refractivity contribution is 7.92. The number of alkyl halides is 3. The second-order valence-electron chi connectivity index (χ2n) is 7.67. The highest BCUT2D eigenvalue weighted by atomic mass is 35.5. The van der Waals surface area contributed by atoms with Crippen LogP contribution in [0, 0.1) is 6.92 Å². The van der Waals surface area contributed by atoms with Gasteiger partial charge >= 0.3 is 6.18 Å². The summed E-state index contributed by atoms with van der Waals surface area (Å²) in [6.45, 7) is 2.25. The molecule has 0 aliphatic heterocycles. The molecule has 3 rings (SSSR count). The van der Waals surface area contributed by atoms with Crippen LogP contribution in [-0.2, 0) is 21.0 Å². The van der Waals surface area contributed by atoms with Crippen LogP contribution in [0.3, 0.4) is 0 Å². The number of nitrogens with one attached hydrogen (secondary N) is 1. The molecular weight excluding hydrogens is 505 g/mol. The summed E-state index contributed by atoms with van der Waals surface area (Å²) in [4.78, 5) is 24.2. The van der Waals surface area contributed by atoms with Gasteiger partial charge in [-0.2, -0.15) is 13.2 Å². The number of anilines is 2. The fourth-order valence-corrected chi connectivity index (χ4v) is 4.82. The van der Waals surface area contributed by atoms with E-state index in [-0.39, 0.29) is 16.4 Å². The van der Waals surface area contributed by atoms with Crippen LogP contribution in [0.2, 0.25) is 5.02 Å². The number of carbonyl (C=O) groups excluding carboxylic acids is 2. The molecule has 0 bridgehead atoms. The van der Waals surface area contributed by atoms with Crippen LogP contribution in [0.5, 0.6) is 0 Å². The maximum atomic E-state index is 13.4. The van der Waals surface area contributed by atoms with Gasteiger partial charge in [0.1, 0.15) is 6.54 Å². The molecule has 0 aromatic heterocycles. The highest BCUT2D eigenvalue weighted by Crippen LogP contribution is 2.38. The topological polar surface area (TPSA) is 83.6 Å². The van der Waals surface area contributed by atoms with E-state index in [9.17, 15) is 31.2 Å². The van der Waals surface area contributed by atoms with Gasteiger partial charge in [-0.25, -0.2) is 8.42 Å². The number of ketones is 1. The van der Waals surface area contributed by atoms with E-state index in [4.69, 9.17) is 11.6 Å². The van der Waals surface area contributed by atoms with E-state index < -0.39 is 44.9 Å². The minimum atomic E-state index is -4.85. The van der Waals surface area contributed by atoms with Crippen molar-refractivity contribution in [3.8, 4) is 0 Å². The molecule has 1 N–H and O–H groups in total. The molecule has 0 saturated carbocycles. The number of Topliss-reactive ketones (excluding diaryl/α,β-unsaturated/α-hetero) is 1. The minimum Gasteiger partial charge on any atom is -0.324 e. The average Bonchev–Trinajstić information content (AvgIpc) is 2.77. The quantitative estimate of drug-likeness (QED) is 0.402. The van der Waals surface area contributed by atoms with Crippen molar-refractivity contribution >= 4 is 44.7 Å². The molecule has 1 amide bonds. The number of aryl methyl sites for hydroxylation is 1. The van der Waals surface area contributed by atoms with E-state index >= 15 is 0 Å². The van der Waals surface area contributed by atoms with E-state index in [1.807, 2.05) is 0 Å². The highest BCUT2D eigenvalue weighted by Gasteiger charge is 2.35. The van der Waals surface area contributed by atoms with Gasteiger partial charge in [-0.15, -0.1) is 0 Å². The van der Waals surface area contributed by atoms with Crippen molar-refractivity contribution in [3.05, 3.63) is 88.4 Å². The van der Waals surface area contributed by atoms with E-state index in [0.717, 1.165) is 17.7 Å². The molecule has 0 atom stereocenters. The molecule has 184 valence electrons. The fraction of sp³-hybridized carbons (Fsp3) is 0.167. The Balaban J connectivity index is 2.03. The van der Waals surface area contributed by atoms with E-state index in [2.05, 4.69) is 5.32 Å². The molecule has 0 radical (unpaired) electrons. The van der Waals surface area contributed by atoms with Gasteiger partial charge in [0.05, 0.1) is 21.2 Å². The number of carbonyl (C=O) groups is 2. The normalized spacial score (nSPS) is 11.7. The van der Waals surface area contributed by atoms with Gasteiger partial charge in [-0.3, -0.25) is 13.9 Å². The Morgan fingerprint density at radius 3 is 2.26 bits per heavy atom. The Bertz CT molecular complexity index is 1370. The van der Waals surface area contributed by atoms with E-state index in [1.54, 1.807) is 13.0 Å². The first kappa shape index (κ1) is 26.2. The second kappa shape index (κ2) is 10.1. The van der Waals surface area contributed by atoms with E-state index in [1.165, 1.54) is 49.4 Å². The number of rotatable bonds is 7. The maximum absolute atomic E-state index is 13.4. The summed E-state index contributed by atoms with van der Waals surface area (Å²) in [6.07, 6.45) is -4.85. The molecule has 0 saturated heterocycles. The summed E-state index contributed by atoms with van der Waals surface area (Å²) in [5, 5.41) is 1.87. The molecule has 3 aromatic carbocycles. The standard InChI is InChI=1S/C24H20ClF3N2O4S/c1-15-6-9-20(10-7-15)35(33,34)30(19-8-11-22(25)21(13-19)24(26,27)28)14-23(32)29-18-5-3-4-17(12-18)16(2)31/h3-13H,14H2,1-2H3,(H,29,32). The van der Waals surface area contributed by atoms with Gasteiger partial charge < -0.3 is 5.32 Å². The average molecular weight is 525 g/mol. The van der Waals surface area contributed by atoms with Gasteiger partial charge in [0, 0.05) is 11.3 Å². The predicted molar refractivity (Wildman–Crippen MR) is 127 cm³/mol. The third-order valence-electron chi connectivity index (χ3n) is 4.99. The Morgan fingerprint density at radius 2 is 1.66 bits per heavy atom. The summed E-state index contributed by atoms with van der Waals surface area (Å²) in [6, 6.07) is 14.2. The SMILES string of the molecule is CC(=O)c1cccc(NC(=O)CN(c2ccc(Cl)c(C(F)(F)F)c2)S(=O)(=O)c2ccc(C)cc2)c1. The van der Waals surface area contributed by atoms with Gasteiger partial charge in [-0.1, -0.05) is 41.4 Å². The monoisotopic (exact) mass is 524 g/mol. The van der Waals surface area contributed by atoms with Gasteiger partial charge in [0.25, 0.3) is 10.0 Å². The number of halogens is 4. The smallest absolute Gasteiger partial charge is 0.324 e. The number of nitrogens with zero attached hydrogens (tertiary/aromatic N) is 1. The van der Waals surface area contributed by atoms with Crippen LogP contribution in [0.15, 0.2) is 71.6 Å². The number of benzene rings is 3. The Hall–Kier alpha value is -3.37. The third-order valence-corrected chi connectivity index (χ3v) is 7.11. The van der Waals surface area contributed by atoms with Crippen molar-refractivity contribution in [3.63, 3.8) is 0 Å². The van der Waals surface area contributed by atoms with Gasteiger partial charge in [0.15, 0.2) is 5.78 Å². The summed E-state index contributed by atoms with van der Waals surface area (Å²) >= 11 is 5.69. The molecule has 0 spiro atoms. The lowest BCUT2D eigenvalue weighted by Gasteiger charge is -2.25. The zero-order valence-electron chi connectivity index (χ0n) is 18.6. The molecule has 6 nitrogen and oxygen atoms in total. The molecule has 3 aromatic rings. The van der Waals surface area contributed by atoms with Crippen molar-refractivity contribution in [1.82, 2.24) is 0 Å². The Labute approximate surface area is 205 Å². The molecule has 35 heavy (non-hydrogen) atoms. The Morgan fingerprint density at radius 1 is 1.00 bits per heavy atom. The number of hydrogen-bond donors (Lipinski definition) is 1. The molecule has 0 unspecified atom stereocenters. The first-order chi connectivity index (χ1) is 16.3. The van der Waals surface area contributed by atoms with Crippen molar-refractivity contribution < 1.29 is 31.2 Å². The number of amides is 1. The van der Waals surface area contributed by atoms with Crippen molar-refractivity contribution in [1.29, 1.82) is 0 Å². The molecule has 0 aliphatic rings. The van der Waals surface area contributed by atoms with Crippen LogP contribution in [0.1, 0.15) is 28.4 Å². The van der Waals surface area contributed by atoms with Crippen LogP contribution in [0.25, 0.3) is 0 Å². The largest absolute Gasteiger partial charge is 0.417 e. The van der Waals surface area contributed by atoms with Gasteiger partial charge in [-0.05, 0) is 56.3 Å². The first-order valence-electron chi connectivity index (χ1n) is 10.2. The lowest BCUT2D eigenvalue weighted by Crippen LogP contribution is -2.38. The fourth-order valence-electron chi connectivity index (χ4n) is 3.19. The molecule has 0 aliphatic carbocycles. The molecular formula is C24H20ClF3N2O4S. The van der Waals surface area contributed by atoms with Gasteiger partial charge in [0.2, 0.25) is 5.91 Å². The molecule has 0 heterocycles. The lowest BCUT2D eigenvalue weighted by molar-refractivity contribution is -0.137. The zero-order chi connectivity index (χ0) is 26.0. The molecule has 11 heteroatoms. The van der Waals surface area contributed by atoms with Crippen LogP contribution in [0.4, 0.5) is 24.5 Å². The summed E-state index contributed by atoms with van der Waals surface area (Å²) in [7, 11) is -4.45. The second-order valence-corrected chi connectivity index (χ2v) is 9.94. The first-order valence-corrected chi connectivity index (χ1v) is 12.0. The molecule has 0 fully saturated rings. The van der Waals surface area contributed by atoms with Crippen LogP contribution in [-0.4, -0.2) is 26.7 Å². The van der Waals surface area contributed by atoms with Crippen molar-refractivity contribution in [2.24, 2.45) is 0 Å². The number of sulfonamides is 1. The number of hydrogen-bond acceptors (Lipinski definition) is 4. The zero-order valence-corrected chi connectivity index (χ0v) is 20.1. The Kier molecular flexibility index (Phi) is 7.56. The third kappa shape index (κ3) is 6.20. The van der Waals surface area contributed by atoms with Crippen molar-refractivity contribution in [2.45, 2.75) is 24.9 Å². The summed E-state index contributed by atoms with van der Waals surface area (Å²) < 4.78 is 67.7. The van der Waals surface area contributed by atoms with E-state index in [0.29, 0.717) is 15.9 Å². The summed E-state index contributed by atoms with van der Waals surface area (Å²) in [5.41, 5.74) is -0.323. The minimum absolute atomic E-state index is 0.210. The maximum Gasteiger partial charge on any atom is 0.417 e. The predicted octanol–water partition coefficient (Wildman–Crippen LogP) is 5.70. The summed E-state index contributed by atoms with van der Waals surface area (Å²) in [5.74, 6) is -1.07. The van der Waals surface area contributed by atoms with Crippen molar-refractivity contribution in [2.75, 3.05) is 16.2 Å². The van der Waals surface area contributed by atoms with Crippen LogP contribution >= 0.6 is 11.6 Å². The lowest BCUT2D eigenvalue weighted by atomic mass is 10.1. The van der Waals surface area contributed by atoms with Crippen LogP contribution < -0.4 is 9.62 Å².